The first-order valence-electron chi connectivity index (χ1n) is 9.47. The first-order valence-corrected chi connectivity index (χ1v) is 9.47. The molecule has 0 saturated carbocycles. The lowest BCUT2D eigenvalue weighted by Gasteiger charge is -2.40. The molecule has 0 saturated heterocycles. The SMILES string of the molecule is CCN(Cc1ccccc1)CC1(C)C=C(C(=O)O)C=CC1c1ccccc1. The summed E-state index contributed by atoms with van der Waals surface area (Å²) in [5.74, 6) is -0.721. The smallest absolute Gasteiger partial charge is 0.335 e. The molecule has 3 heteroatoms. The number of carboxylic acid groups (broad SMARTS) is 1. The van der Waals surface area contributed by atoms with Crippen molar-refractivity contribution in [2.45, 2.75) is 26.3 Å². The largest absolute Gasteiger partial charge is 0.478 e. The van der Waals surface area contributed by atoms with Gasteiger partial charge in [-0.3, -0.25) is 4.90 Å². The summed E-state index contributed by atoms with van der Waals surface area (Å²) < 4.78 is 0. The molecule has 0 aromatic heterocycles. The van der Waals surface area contributed by atoms with E-state index in [-0.39, 0.29) is 11.3 Å². The van der Waals surface area contributed by atoms with Crippen LogP contribution >= 0.6 is 0 Å². The Morgan fingerprint density at radius 2 is 1.70 bits per heavy atom. The fraction of sp³-hybridized carbons (Fsp3) is 0.292. The minimum Gasteiger partial charge on any atom is -0.478 e. The number of aliphatic carboxylic acids is 1. The Hall–Kier alpha value is -2.65. The van der Waals surface area contributed by atoms with E-state index in [0.29, 0.717) is 5.57 Å². The second-order valence-corrected chi connectivity index (χ2v) is 7.45. The summed E-state index contributed by atoms with van der Waals surface area (Å²) >= 11 is 0. The molecule has 3 rings (SSSR count). The summed E-state index contributed by atoms with van der Waals surface area (Å²) in [5.41, 5.74) is 2.57. The molecule has 1 aliphatic carbocycles. The number of allylic oxidation sites excluding steroid dienone is 1. The molecule has 2 aromatic rings. The Kier molecular flexibility index (Phi) is 5.92. The van der Waals surface area contributed by atoms with E-state index in [9.17, 15) is 9.90 Å². The van der Waals surface area contributed by atoms with Crippen molar-refractivity contribution in [3.05, 3.63) is 95.6 Å². The molecule has 2 unspecified atom stereocenters. The second kappa shape index (κ2) is 8.36. The van der Waals surface area contributed by atoms with E-state index in [2.05, 4.69) is 61.2 Å². The zero-order valence-electron chi connectivity index (χ0n) is 16.0. The van der Waals surface area contributed by atoms with Crippen molar-refractivity contribution in [2.75, 3.05) is 13.1 Å². The van der Waals surface area contributed by atoms with Crippen LogP contribution in [0.25, 0.3) is 0 Å². The van der Waals surface area contributed by atoms with Crippen molar-refractivity contribution in [2.24, 2.45) is 5.41 Å². The van der Waals surface area contributed by atoms with Crippen molar-refractivity contribution < 1.29 is 9.90 Å². The van der Waals surface area contributed by atoms with Gasteiger partial charge in [-0.2, -0.15) is 0 Å². The van der Waals surface area contributed by atoms with Gasteiger partial charge in [-0.15, -0.1) is 0 Å². The Labute approximate surface area is 161 Å². The number of rotatable bonds is 7. The van der Waals surface area contributed by atoms with Gasteiger partial charge in [0.15, 0.2) is 0 Å². The quantitative estimate of drug-likeness (QED) is 0.764. The third kappa shape index (κ3) is 4.55. The topological polar surface area (TPSA) is 40.5 Å². The number of benzene rings is 2. The lowest BCUT2D eigenvalue weighted by molar-refractivity contribution is -0.132. The lowest BCUT2D eigenvalue weighted by Crippen LogP contribution is -2.39. The van der Waals surface area contributed by atoms with Crippen molar-refractivity contribution >= 4 is 5.97 Å². The van der Waals surface area contributed by atoms with E-state index in [1.54, 1.807) is 6.08 Å². The third-order valence-electron chi connectivity index (χ3n) is 5.33. The summed E-state index contributed by atoms with van der Waals surface area (Å²) in [6.07, 6.45) is 5.74. The maximum Gasteiger partial charge on any atom is 0.335 e. The summed E-state index contributed by atoms with van der Waals surface area (Å²) in [6.45, 7) is 6.88. The van der Waals surface area contributed by atoms with E-state index in [4.69, 9.17) is 0 Å². The Bertz CT molecular complexity index is 826. The van der Waals surface area contributed by atoms with Crippen LogP contribution in [0.3, 0.4) is 0 Å². The fourth-order valence-electron chi connectivity index (χ4n) is 3.95. The lowest BCUT2D eigenvalue weighted by atomic mass is 9.69. The van der Waals surface area contributed by atoms with Crippen LogP contribution in [0.5, 0.6) is 0 Å². The molecule has 0 amide bonds. The Balaban J connectivity index is 1.90. The predicted octanol–water partition coefficient (Wildman–Crippen LogP) is 4.88. The van der Waals surface area contributed by atoms with E-state index >= 15 is 0 Å². The highest BCUT2D eigenvalue weighted by atomic mass is 16.4. The molecular weight excluding hydrogens is 334 g/mol. The maximum absolute atomic E-state index is 11.6. The normalized spacial score (nSPS) is 21.9. The molecule has 1 N–H and O–H groups in total. The third-order valence-corrected chi connectivity index (χ3v) is 5.33. The maximum atomic E-state index is 11.6. The average Bonchev–Trinajstić information content (AvgIpc) is 2.68. The second-order valence-electron chi connectivity index (χ2n) is 7.45. The van der Waals surface area contributed by atoms with E-state index in [1.807, 2.05) is 30.3 Å². The Morgan fingerprint density at radius 3 is 2.30 bits per heavy atom. The molecule has 0 fully saturated rings. The number of hydrogen-bond donors (Lipinski definition) is 1. The van der Waals surface area contributed by atoms with E-state index in [1.165, 1.54) is 11.1 Å². The van der Waals surface area contributed by atoms with Crippen molar-refractivity contribution in [3.8, 4) is 0 Å². The number of hydrogen-bond acceptors (Lipinski definition) is 2. The van der Waals surface area contributed by atoms with E-state index < -0.39 is 5.97 Å². The van der Waals surface area contributed by atoms with Crippen LogP contribution in [0.4, 0.5) is 0 Å². The van der Waals surface area contributed by atoms with Gasteiger partial charge in [0.25, 0.3) is 0 Å². The summed E-state index contributed by atoms with van der Waals surface area (Å²) in [5, 5.41) is 9.52. The minimum atomic E-state index is -0.866. The van der Waals surface area contributed by atoms with Gasteiger partial charge in [0.05, 0.1) is 5.57 Å². The van der Waals surface area contributed by atoms with Crippen molar-refractivity contribution in [3.63, 3.8) is 0 Å². The average molecular weight is 361 g/mol. The van der Waals surface area contributed by atoms with Gasteiger partial charge < -0.3 is 5.11 Å². The Morgan fingerprint density at radius 1 is 1.07 bits per heavy atom. The molecule has 3 nitrogen and oxygen atoms in total. The summed E-state index contributed by atoms with van der Waals surface area (Å²) in [4.78, 5) is 14.0. The van der Waals surface area contributed by atoms with Crippen molar-refractivity contribution in [1.82, 2.24) is 4.90 Å². The summed E-state index contributed by atoms with van der Waals surface area (Å²) in [7, 11) is 0. The molecule has 0 heterocycles. The van der Waals surface area contributed by atoms with Crippen LogP contribution in [-0.2, 0) is 11.3 Å². The van der Waals surface area contributed by atoms with Gasteiger partial charge in [-0.1, -0.05) is 92.7 Å². The van der Waals surface area contributed by atoms with Gasteiger partial charge in [-0.05, 0) is 17.7 Å². The van der Waals surface area contributed by atoms with Crippen LogP contribution in [-0.4, -0.2) is 29.1 Å². The van der Waals surface area contributed by atoms with Crippen molar-refractivity contribution in [1.29, 1.82) is 0 Å². The fourth-order valence-corrected chi connectivity index (χ4v) is 3.95. The van der Waals surface area contributed by atoms with Crippen LogP contribution in [0.15, 0.2) is 84.5 Å². The first-order chi connectivity index (χ1) is 13.0. The molecule has 1 aliphatic rings. The predicted molar refractivity (Wildman–Crippen MR) is 110 cm³/mol. The van der Waals surface area contributed by atoms with Gasteiger partial charge >= 0.3 is 5.97 Å². The molecule has 0 spiro atoms. The monoisotopic (exact) mass is 361 g/mol. The summed E-state index contributed by atoms with van der Waals surface area (Å²) in [6, 6.07) is 20.8. The number of nitrogens with zero attached hydrogens (tertiary/aromatic N) is 1. The highest BCUT2D eigenvalue weighted by Crippen LogP contribution is 2.43. The van der Waals surface area contributed by atoms with Gasteiger partial charge in [0.1, 0.15) is 0 Å². The molecule has 2 aromatic carbocycles. The minimum absolute atomic E-state index is 0.145. The molecule has 0 aliphatic heterocycles. The molecular formula is C24H27NO2. The van der Waals surface area contributed by atoms with Crippen LogP contribution in [0.1, 0.15) is 30.9 Å². The van der Waals surface area contributed by atoms with Gasteiger partial charge in [0, 0.05) is 24.4 Å². The molecule has 0 radical (unpaired) electrons. The van der Waals surface area contributed by atoms with E-state index in [0.717, 1.165) is 19.6 Å². The number of carbonyl (C=O) groups is 1. The molecule has 0 bridgehead atoms. The van der Waals surface area contributed by atoms with Crippen LogP contribution < -0.4 is 0 Å². The van der Waals surface area contributed by atoms with Crippen LogP contribution in [0, 0.1) is 5.41 Å². The van der Waals surface area contributed by atoms with Gasteiger partial charge in [-0.25, -0.2) is 4.79 Å². The number of carboxylic acids is 1. The molecule has 140 valence electrons. The first kappa shape index (κ1) is 19.1. The standard InChI is InChI=1S/C24H27NO2/c1-3-25(17-19-10-6-4-7-11-19)18-24(2)16-21(23(26)27)14-15-22(24)20-12-8-5-9-13-20/h4-16,22H,3,17-18H2,1-2H3,(H,26,27). The molecule has 2 atom stereocenters. The molecule has 27 heavy (non-hydrogen) atoms. The van der Waals surface area contributed by atoms with Crippen LogP contribution in [0.2, 0.25) is 0 Å². The highest BCUT2D eigenvalue weighted by Gasteiger charge is 2.36. The zero-order valence-corrected chi connectivity index (χ0v) is 16.0. The highest BCUT2D eigenvalue weighted by molar-refractivity contribution is 5.90. The van der Waals surface area contributed by atoms with Gasteiger partial charge in [0.2, 0.25) is 0 Å². The zero-order chi connectivity index (χ0) is 19.3.